The Morgan fingerprint density at radius 1 is 1.19 bits per heavy atom. The number of hydrogen-bond acceptors (Lipinski definition) is 4. The highest BCUT2D eigenvalue weighted by atomic mass is 16.3. The molecule has 2 amide bonds. The van der Waals surface area contributed by atoms with Crippen LogP contribution in [0.5, 0.6) is 0 Å². The highest BCUT2D eigenvalue weighted by Crippen LogP contribution is 2.35. The SMILES string of the molecule is CCCCN1C(=O)C(c2ccc(C)cc2C)=C(N2CCCC(CO)C2)C1=O. The molecule has 0 bridgehead atoms. The van der Waals surface area contributed by atoms with Crippen molar-refractivity contribution >= 4 is 17.4 Å². The molecule has 1 unspecified atom stereocenters. The van der Waals surface area contributed by atoms with Gasteiger partial charge in [-0.15, -0.1) is 0 Å². The van der Waals surface area contributed by atoms with Crippen molar-refractivity contribution in [3.8, 4) is 0 Å². The van der Waals surface area contributed by atoms with Crippen LogP contribution >= 0.6 is 0 Å². The number of aryl methyl sites for hydroxylation is 2. The summed E-state index contributed by atoms with van der Waals surface area (Å²) in [5.41, 5.74) is 4.06. The number of benzene rings is 1. The molecular formula is C22H30N2O3. The maximum atomic E-state index is 13.2. The number of unbranched alkanes of at least 4 members (excludes halogenated alkanes) is 1. The summed E-state index contributed by atoms with van der Waals surface area (Å²) in [4.78, 5) is 29.9. The molecule has 3 rings (SSSR count). The van der Waals surface area contributed by atoms with Crippen molar-refractivity contribution in [2.75, 3.05) is 26.2 Å². The number of likely N-dealkylation sites (tertiary alicyclic amines) is 1. The molecule has 0 radical (unpaired) electrons. The van der Waals surface area contributed by atoms with Crippen LogP contribution in [0.1, 0.15) is 49.3 Å². The molecule has 5 heteroatoms. The van der Waals surface area contributed by atoms with E-state index in [1.54, 1.807) is 0 Å². The van der Waals surface area contributed by atoms with Crippen molar-refractivity contribution in [2.45, 2.75) is 46.5 Å². The topological polar surface area (TPSA) is 60.9 Å². The predicted octanol–water partition coefficient (Wildman–Crippen LogP) is 2.89. The van der Waals surface area contributed by atoms with E-state index >= 15 is 0 Å². The van der Waals surface area contributed by atoms with Crippen LogP contribution in [-0.2, 0) is 9.59 Å². The zero-order valence-corrected chi connectivity index (χ0v) is 16.6. The molecule has 0 aromatic heterocycles. The third-order valence-corrected chi connectivity index (χ3v) is 5.62. The summed E-state index contributed by atoms with van der Waals surface area (Å²) in [6.07, 6.45) is 3.62. The van der Waals surface area contributed by atoms with Crippen molar-refractivity contribution in [1.82, 2.24) is 9.80 Å². The number of aliphatic hydroxyl groups excluding tert-OH is 1. The van der Waals surface area contributed by atoms with Crippen molar-refractivity contribution < 1.29 is 14.7 Å². The third kappa shape index (κ3) is 3.79. The molecule has 0 aliphatic carbocycles. The van der Waals surface area contributed by atoms with Crippen molar-refractivity contribution in [2.24, 2.45) is 5.92 Å². The van der Waals surface area contributed by atoms with E-state index in [1.165, 1.54) is 4.90 Å². The Bertz CT molecular complexity index is 769. The van der Waals surface area contributed by atoms with Crippen molar-refractivity contribution in [3.05, 3.63) is 40.6 Å². The number of hydrogen-bond donors (Lipinski definition) is 1. The summed E-state index contributed by atoms with van der Waals surface area (Å²) in [7, 11) is 0. The molecule has 2 aliphatic rings. The molecule has 1 saturated heterocycles. The van der Waals surface area contributed by atoms with Gasteiger partial charge in [0, 0.05) is 26.2 Å². The number of nitrogens with zero attached hydrogens (tertiary/aromatic N) is 2. The highest BCUT2D eigenvalue weighted by molar-refractivity contribution is 6.35. The zero-order valence-electron chi connectivity index (χ0n) is 16.6. The Morgan fingerprint density at radius 2 is 1.96 bits per heavy atom. The molecule has 0 saturated carbocycles. The van der Waals surface area contributed by atoms with Gasteiger partial charge in [-0.1, -0.05) is 37.1 Å². The van der Waals surface area contributed by atoms with Crippen molar-refractivity contribution in [1.29, 1.82) is 0 Å². The van der Waals surface area contributed by atoms with Crippen LogP contribution in [0.25, 0.3) is 5.57 Å². The molecule has 146 valence electrons. The summed E-state index contributed by atoms with van der Waals surface area (Å²) >= 11 is 0. The van der Waals surface area contributed by atoms with Gasteiger partial charge in [-0.25, -0.2) is 0 Å². The minimum atomic E-state index is -0.179. The normalized spacial score (nSPS) is 20.8. The van der Waals surface area contributed by atoms with Crippen LogP contribution in [0, 0.1) is 19.8 Å². The minimum Gasteiger partial charge on any atom is -0.396 e. The first-order valence-electron chi connectivity index (χ1n) is 10.0. The van der Waals surface area contributed by atoms with E-state index in [0.29, 0.717) is 24.4 Å². The maximum Gasteiger partial charge on any atom is 0.277 e. The first kappa shape index (κ1) is 19.6. The van der Waals surface area contributed by atoms with Crippen LogP contribution in [0.4, 0.5) is 0 Å². The number of aliphatic hydroxyl groups is 1. The number of rotatable bonds is 6. The molecule has 1 aromatic carbocycles. The molecule has 5 nitrogen and oxygen atoms in total. The Labute approximate surface area is 161 Å². The van der Waals surface area contributed by atoms with E-state index in [0.717, 1.165) is 48.9 Å². The summed E-state index contributed by atoms with van der Waals surface area (Å²) in [5, 5.41) is 9.59. The van der Waals surface area contributed by atoms with Gasteiger partial charge < -0.3 is 10.0 Å². The average molecular weight is 370 g/mol. The number of amides is 2. The number of carbonyl (C=O) groups is 2. The van der Waals surface area contributed by atoms with Crippen LogP contribution < -0.4 is 0 Å². The van der Waals surface area contributed by atoms with Crippen LogP contribution in [-0.4, -0.2) is 53.0 Å². The lowest BCUT2D eigenvalue weighted by atomic mass is 9.95. The van der Waals surface area contributed by atoms with Gasteiger partial charge in [-0.05, 0) is 50.2 Å². The van der Waals surface area contributed by atoms with Gasteiger partial charge in [-0.3, -0.25) is 14.5 Å². The van der Waals surface area contributed by atoms with Gasteiger partial charge in [0.1, 0.15) is 5.70 Å². The standard InChI is InChI=1S/C22H30N2O3/c1-4-5-11-24-21(26)19(18-9-8-15(2)12-16(18)3)20(22(24)27)23-10-6-7-17(13-23)14-25/h8-9,12,17,25H,4-7,10-11,13-14H2,1-3H3. The average Bonchev–Trinajstić information content (AvgIpc) is 2.90. The lowest BCUT2D eigenvalue weighted by Crippen LogP contribution is -2.40. The summed E-state index contributed by atoms with van der Waals surface area (Å²) in [6, 6.07) is 6.01. The largest absolute Gasteiger partial charge is 0.396 e. The van der Waals surface area contributed by atoms with E-state index in [-0.39, 0.29) is 24.3 Å². The Hall–Kier alpha value is -2.14. The van der Waals surface area contributed by atoms with Gasteiger partial charge in [0.2, 0.25) is 0 Å². The van der Waals surface area contributed by atoms with Gasteiger partial charge >= 0.3 is 0 Å². The van der Waals surface area contributed by atoms with E-state index in [9.17, 15) is 14.7 Å². The van der Waals surface area contributed by atoms with E-state index < -0.39 is 0 Å². The fourth-order valence-electron chi connectivity index (χ4n) is 4.13. The van der Waals surface area contributed by atoms with E-state index in [1.807, 2.05) is 30.9 Å². The molecule has 1 fully saturated rings. The second-order valence-corrected chi connectivity index (χ2v) is 7.79. The smallest absolute Gasteiger partial charge is 0.277 e. The third-order valence-electron chi connectivity index (χ3n) is 5.62. The Kier molecular flexibility index (Phi) is 6.00. The van der Waals surface area contributed by atoms with Gasteiger partial charge in [0.05, 0.1) is 5.57 Å². The predicted molar refractivity (Wildman–Crippen MR) is 106 cm³/mol. The minimum absolute atomic E-state index is 0.115. The number of imide groups is 1. The van der Waals surface area contributed by atoms with Gasteiger partial charge in [0.25, 0.3) is 11.8 Å². The summed E-state index contributed by atoms with van der Waals surface area (Å²) < 4.78 is 0. The Morgan fingerprint density at radius 3 is 2.63 bits per heavy atom. The molecular weight excluding hydrogens is 340 g/mol. The lowest BCUT2D eigenvalue weighted by Gasteiger charge is -2.34. The fraction of sp³-hybridized carbons (Fsp3) is 0.545. The Balaban J connectivity index is 2.06. The van der Waals surface area contributed by atoms with Crippen molar-refractivity contribution in [3.63, 3.8) is 0 Å². The first-order chi connectivity index (χ1) is 13.0. The second-order valence-electron chi connectivity index (χ2n) is 7.79. The monoisotopic (exact) mass is 370 g/mol. The van der Waals surface area contributed by atoms with E-state index in [2.05, 4.69) is 13.0 Å². The van der Waals surface area contributed by atoms with E-state index in [4.69, 9.17) is 0 Å². The first-order valence-corrected chi connectivity index (χ1v) is 10.0. The lowest BCUT2D eigenvalue weighted by molar-refractivity contribution is -0.137. The van der Waals surface area contributed by atoms with Crippen LogP contribution in [0.3, 0.4) is 0 Å². The maximum absolute atomic E-state index is 13.2. The highest BCUT2D eigenvalue weighted by Gasteiger charge is 2.42. The van der Waals surface area contributed by atoms with Gasteiger partial charge in [-0.2, -0.15) is 0 Å². The quantitative estimate of drug-likeness (QED) is 0.782. The molecule has 1 N–H and O–H groups in total. The molecule has 0 spiro atoms. The zero-order chi connectivity index (χ0) is 19.6. The van der Waals surface area contributed by atoms with Crippen LogP contribution in [0.15, 0.2) is 23.9 Å². The summed E-state index contributed by atoms with van der Waals surface area (Å²) in [6.45, 7) is 8.03. The molecule has 27 heavy (non-hydrogen) atoms. The summed E-state index contributed by atoms with van der Waals surface area (Å²) in [5.74, 6) is -0.206. The molecule has 2 aliphatic heterocycles. The second kappa shape index (κ2) is 8.26. The van der Waals surface area contributed by atoms with Gasteiger partial charge in [0.15, 0.2) is 0 Å². The fourth-order valence-corrected chi connectivity index (χ4v) is 4.13. The molecule has 2 heterocycles. The number of piperidine rings is 1. The van der Waals surface area contributed by atoms with Crippen LogP contribution in [0.2, 0.25) is 0 Å². The number of carbonyl (C=O) groups excluding carboxylic acids is 2. The molecule has 1 aromatic rings. The molecule has 1 atom stereocenters.